The standard InChI is InChI=1S/C17H13F3O4S/c1-2-7-13-10-6-11-14(15(21)12-8-4-3-5-9-12)16(13)24-25(22,23)17(18,19)20/h2-6,8-11H,1,7H2. The van der Waals surface area contributed by atoms with Gasteiger partial charge in [0, 0.05) is 11.1 Å². The molecule has 0 atom stereocenters. The van der Waals surface area contributed by atoms with Gasteiger partial charge in [-0.3, -0.25) is 4.79 Å². The van der Waals surface area contributed by atoms with E-state index in [-0.39, 0.29) is 23.1 Å². The molecule has 8 heteroatoms. The van der Waals surface area contributed by atoms with Crippen molar-refractivity contribution in [1.29, 1.82) is 0 Å². The molecule has 0 aliphatic carbocycles. The van der Waals surface area contributed by atoms with Crippen LogP contribution in [0.4, 0.5) is 13.2 Å². The summed E-state index contributed by atoms with van der Waals surface area (Å²) in [5.74, 6) is -1.30. The lowest BCUT2D eigenvalue weighted by Crippen LogP contribution is -2.29. The van der Waals surface area contributed by atoms with Crippen LogP contribution in [0.2, 0.25) is 0 Å². The normalized spacial score (nSPS) is 11.8. The molecule has 0 aromatic heterocycles. The predicted octanol–water partition coefficient (Wildman–Crippen LogP) is 3.87. The number of halogens is 3. The topological polar surface area (TPSA) is 60.4 Å². The Labute approximate surface area is 142 Å². The van der Waals surface area contributed by atoms with Gasteiger partial charge in [0.15, 0.2) is 11.5 Å². The second-order valence-corrected chi connectivity index (χ2v) is 6.50. The fraction of sp³-hybridized carbons (Fsp3) is 0.118. The largest absolute Gasteiger partial charge is 0.534 e. The minimum atomic E-state index is -5.92. The van der Waals surface area contributed by atoms with Crippen LogP contribution in [0.15, 0.2) is 61.2 Å². The van der Waals surface area contributed by atoms with Crippen LogP contribution >= 0.6 is 0 Å². The maximum absolute atomic E-state index is 12.7. The maximum Gasteiger partial charge on any atom is 0.534 e. The molecule has 0 bridgehead atoms. The molecule has 0 aliphatic rings. The fourth-order valence-corrected chi connectivity index (χ4v) is 2.59. The van der Waals surface area contributed by atoms with Crippen LogP contribution in [0.1, 0.15) is 21.5 Å². The first kappa shape index (κ1) is 18.7. The number of carbonyl (C=O) groups excluding carboxylic acids is 1. The predicted molar refractivity (Wildman–Crippen MR) is 85.8 cm³/mol. The van der Waals surface area contributed by atoms with Crippen LogP contribution in [0.25, 0.3) is 0 Å². The van der Waals surface area contributed by atoms with Crippen molar-refractivity contribution in [2.75, 3.05) is 0 Å². The second kappa shape index (κ2) is 7.10. The van der Waals surface area contributed by atoms with Gasteiger partial charge in [-0.05, 0) is 12.5 Å². The van der Waals surface area contributed by atoms with Crippen molar-refractivity contribution >= 4 is 15.9 Å². The van der Waals surface area contributed by atoms with E-state index in [1.165, 1.54) is 36.4 Å². The van der Waals surface area contributed by atoms with Crippen molar-refractivity contribution < 1.29 is 30.6 Å². The van der Waals surface area contributed by atoms with Crippen LogP contribution in [0.3, 0.4) is 0 Å². The average Bonchev–Trinajstić information content (AvgIpc) is 2.55. The summed E-state index contributed by atoms with van der Waals surface area (Å²) in [7, 11) is -5.92. The summed E-state index contributed by atoms with van der Waals surface area (Å²) in [6.07, 6.45) is 1.39. The van der Waals surface area contributed by atoms with Crippen LogP contribution < -0.4 is 4.18 Å². The Kier molecular flexibility index (Phi) is 5.32. The molecule has 0 heterocycles. The van der Waals surface area contributed by atoms with Gasteiger partial charge in [0.1, 0.15) is 0 Å². The molecule has 0 spiro atoms. The van der Waals surface area contributed by atoms with E-state index in [4.69, 9.17) is 0 Å². The number of hydrogen-bond donors (Lipinski definition) is 0. The number of allylic oxidation sites excluding steroid dienone is 1. The van der Waals surface area contributed by atoms with E-state index < -0.39 is 27.2 Å². The third kappa shape index (κ3) is 4.08. The summed E-state index contributed by atoms with van der Waals surface area (Å²) >= 11 is 0. The Morgan fingerprint density at radius 2 is 1.72 bits per heavy atom. The van der Waals surface area contributed by atoms with Gasteiger partial charge in [0.05, 0.1) is 5.56 Å². The minimum Gasteiger partial charge on any atom is -0.375 e. The highest BCUT2D eigenvalue weighted by Crippen LogP contribution is 2.33. The average molecular weight is 370 g/mol. The van der Waals surface area contributed by atoms with Gasteiger partial charge in [-0.25, -0.2) is 0 Å². The molecule has 4 nitrogen and oxygen atoms in total. The Morgan fingerprint density at radius 3 is 2.28 bits per heavy atom. The molecule has 25 heavy (non-hydrogen) atoms. The molecule has 0 saturated heterocycles. The Balaban J connectivity index is 2.60. The van der Waals surface area contributed by atoms with Gasteiger partial charge >= 0.3 is 15.6 Å². The number of para-hydroxylation sites is 1. The van der Waals surface area contributed by atoms with Crippen LogP contribution in [0, 0.1) is 0 Å². The van der Waals surface area contributed by atoms with Gasteiger partial charge in [-0.2, -0.15) is 21.6 Å². The lowest BCUT2D eigenvalue weighted by Gasteiger charge is -2.15. The van der Waals surface area contributed by atoms with E-state index in [0.717, 1.165) is 0 Å². The highest BCUT2D eigenvalue weighted by molar-refractivity contribution is 7.88. The molecule has 0 unspecified atom stereocenters. The fourth-order valence-electron chi connectivity index (χ4n) is 2.08. The third-order valence-corrected chi connectivity index (χ3v) is 4.17. The number of ketones is 1. The number of benzene rings is 2. The highest BCUT2D eigenvalue weighted by Gasteiger charge is 2.49. The molecule has 2 aromatic rings. The lowest BCUT2D eigenvalue weighted by molar-refractivity contribution is -0.0500. The summed E-state index contributed by atoms with van der Waals surface area (Å²) in [5.41, 5.74) is -5.60. The number of carbonyl (C=O) groups is 1. The Morgan fingerprint density at radius 1 is 1.08 bits per heavy atom. The van der Waals surface area contributed by atoms with E-state index in [1.54, 1.807) is 18.2 Å². The first-order valence-electron chi connectivity index (χ1n) is 7.00. The van der Waals surface area contributed by atoms with Gasteiger partial charge in [0.25, 0.3) is 0 Å². The van der Waals surface area contributed by atoms with Crippen molar-refractivity contribution in [3.05, 3.63) is 77.9 Å². The van der Waals surface area contributed by atoms with Gasteiger partial charge in [-0.15, -0.1) is 6.58 Å². The van der Waals surface area contributed by atoms with Gasteiger partial charge < -0.3 is 4.18 Å². The van der Waals surface area contributed by atoms with Crippen LogP contribution in [-0.4, -0.2) is 19.7 Å². The van der Waals surface area contributed by atoms with E-state index >= 15 is 0 Å². The van der Waals surface area contributed by atoms with Gasteiger partial charge in [-0.1, -0.05) is 48.5 Å². The molecule has 0 amide bonds. The van der Waals surface area contributed by atoms with Crippen molar-refractivity contribution in [3.8, 4) is 5.75 Å². The molecule has 2 rings (SSSR count). The number of alkyl halides is 3. The summed E-state index contributed by atoms with van der Waals surface area (Å²) in [4.78, 5) is 12.6. The van der Waals surface area contributed by atoms with Crippen molar-refractivity contribution in [1.82, 2.24) is 0 Å². The van der Waals surface area contributed by atoms with E-state index in [9.17, 15) is 26.4 Å². The van der Waals surface area contributed by atoms with E-state index in [1.807, 2.05) is 0 Å². The van der Waals surface area contributed by atoms with Crippen LogP contribution in [0.5, 0.6) is 5.75 Å². The number of hydrogen-bond acceptors (Lipinski definition) is 4. The first-order chi connectivity index (χ1) is 11.7. The molecular formula is C17H13F3O4S. The maximum atomic E-state index is 12.7. The molecular weight excluding hydrogens is 357 g/mol. The Hall–Kier alpha value is -2.61. The zero-order valence-electron chi connectivity index (χ0n) is 12.8. The lowest BCUT2D eigenvalue weighted by atomic mass is 9.99. The zero-order valence-corrected chi connectivity index (χ0v) is 13.6. The highest BCUT2D eigenvalue weighted by atomic mass is 32.2. The molecule has 0 radical (unpaired) electrons. The molecule has 0 aliphatic heterocycles. The monoisotopic (exact) mass is 370 g/mol. The van der Waals surface area contributed by atoms with Crippen molar-refractivity contribution in [3.63, 3.8) is 0 Å². The summed E-state index contributed by atoms with van der Waals surface area (Å²) in [6.45, 7) is 3.46. The first-order valence-corrected chi connectivity index (χ1v) is 8.41. The van der Waals surface area contributed by atoms with Gasteiger partial charge in [0.2, 0.25) is 0 Å². The van der Waals surface area contributed by atoms with Crippen LogP contribution in [-0.2, 0) is 16.5 Å². The van der Waals surface area contributed by atoms with E-state index in [2.05, 4.69) is 10.8 Å². The molecule has 132 valence electrons. The molecule has 0 fully saturated rings. The third-order valence-electron chi connectivity index (χ3n) is 3.22. The zero-order chi connectivity index (χ0) is 18.7. The Bertz CT molecular complexity index is 888. The quantitative estimate of drug-likeness (QED) is 0.335. The van der Waals surface area contributed by atoms with E-state index in [0.29, 0.717) is 0 Å². The van der Waals surface area contributed by atoms with Crippen molar-refractivity contribution in [2.24, 2.45) is 0 Å². The number of rotatable bonds is 6. The second-order valence-electron chi connectivity index (χ2n) is 4.96. The molecule has 0 saturated carbocycles. The summed E-state index contributed by atoms with van der Waals surface area (Å²) in [6, 6.07) is 11.8. The SMILES string of the molecule is C=CCc1cccc(C(=O)c2ccccc2)c1OS(=O)(=O)C(F)(F)F. The summed E-state index contributed by atoms with van der Waals surface area (Å²) in [5, 5.41) is 0. The molecule has 0 N–H and O–H groups in total. The minimum absolute atomic E-state index is 0.0264. The van der Waals surface area contributed by atoms with Crippen molar-refractivity contribution in [2.45, 2.75) is 11.9 Å². The summed E-state index contributed by atoms with van der Waals surface area (Å²) < 4.78 is 65.1. The molecule has 2 aromatic carbocycles. The smallest absolute Gasteiger partial charge is 0.375 e.